The third-order valence-corrected chi connectivity index (χ3v) is 5.05. The van der Waals surface area contributed by atoms with Crippen molar-refractivity contribution in [3.8, 4) is 0 Å². The fourth-order valence-corrected chi connectivity index (χ4v) is 3.30. The van der Waals surface area contributed by atoms with E-state index in [4.69, 9.17) is 28.2 Å². The SMILES string of the molecule is CCc1ccc(C(c2ccc(Cl)c(Cl)c2)N2CCNCC2)nc1. The number of hydrogen-bond donors (Lipinski definition) is 1. The summed E-state index contributed by atoms with van der Waals surface area (Å²) in [5.41, 5.74) is 3.45. The van der Waals surface area contributed by atoms with Crippen LogP contribution in [0.4, 0.5) is 0 Å². The molecule has 0 amide bonds. The number of nitrogens with one attached hydrogen (secondary N) is 1. The first-order chi connectivity index (χ1) is 11.2. The summed E-state index contributed by atoms with van der Waals surface area (Å²) in [5, 5.41) is 4.58. The van der Waals surface area contributed by atoms with Crippen molar-refractivity contribution in [3.05, 3.63) is 63.4 Å². The molecular weight excluding hydrogens is 329 g/mol. The molecule has 0 radical (unpaired) electrons. The van der Waals surface area contributed by atoms with E-state index in [2.05, 4.69) is 35.3 Å². The Hall–Kier alpha value is -1.13. The van der Waals surface area contributed by atoms with E-state index in [1.165, 1.54) is 5.56 Å². The van der Waals surface area contributed by atoms with Crippen LogP contribution >= 0.6 is 23.2 Å². The number of halogens is 2. The van der Waals surface area contributed by atoms with E-state index in [0.29, 0.717) is 10.0 Å². The van der Waals surface area contributed by atoms with E-state index in [-0.39, 0.29) is 6.04 Å². The van der Waals surface area contributed by atoms with Gasteiger partial charge in [0.1, 0.15) is 0 Å². The van der Waals surface area contributed by atoms with Gasteiger partial charge in [-0.1, -0.05) is 42.3 Å². The minimum absolute atomic E-state index is 0.109. The van der Waals surface area contributed by atoms with Gasteiger partial charge in [-0.25, -0.2) is 0 Å². The fourth-order valence-electron chi connectivity index (χ4n) is 3.00. The number of pyridine rings is 1. The van der Waals surface area contributed by atoms with Gasteiger partial charge in [-0.15, -0.1) is 0 Å². The van der Waals surface area contributed by atoms with Crippen LogP contribution < -0.4 is 5.32 Å². The lowest BCUT2D eigenvalue weighted by Gasteiger charge is -2.35. The van der Waals surface area contributed by atoms with Crippen molar-refractivity contribution >= 4 is 23.2 Å². The highest BCUT2D eigenvalue weighted by atomic mass is 35.5. The normalized spacial score (nSPS) is 17.2. The Morgan fingerprint density at radius 1 is 1.13 bits per heavy atom. The van der Waals surface area contributed by atoms with E-state index in [0.717, 1.165) is 43.9 Å². The molecule has 1 saturated heterocycles. The van der Waals surface area contributed by atoms with Crippen LogP contribution in [0.15, 0.2) is 36.5 Å². The number of aryl methyl sites for hydroxylation is 1. The van der Waals surface area contributed by atoms with Crippen molar-refractivity contribution in [3.63, 3.8) is 0 Å². The van der Waals surface area contributed by atoms with Gasteiger partial charge in [0.05, 0.1) is 21.8 Å². The second-order valence-electron chi connectivity index (χ2n) is 5.81. The zero-order valence-electron chi connectivity index (χ0n) is 13.2. The van der Waals surface area contributed by atoms with Crippen molar-refractivity contribution in [2.45, 2.75) is 19.4 Å². The van der Waals surface area contributed by atoms with Gasteiger partial charge in [-0.05, 0) is 35.7 Å². The molecule has 2 heterocycles. The van der Waals surface area contributed by atoms with Crippen LogP contribution in [0.25, 0.3) is 0 Å². The Morgan fingerprint density at radius 2 is 1.91 bits per heavy atom. The molecule has 1 aliphatic heterocycles. The second-order valence-corrected chi connectivity index (χ2v) is 6.62. The van der Waals surface area contributed by atoms with Crippen LogP contribution in [0.1, 0.15) is 29.8 Å². The first-order valence-electron chi connectivity index (χ1n) is 8.03. The molecule has 1 unspecified atom stereocenters. The summed E-state index contributed by atoms with van der Waals surface area (Å²) in [6.07, 6.45) is 2.97. The number of aromatic nitrogens is 1. The zero-order chi connectivity index (χ0) is 16.2. The smallest absolute Gasteiger partial charge is 0.0777 e. The average molecular weight is 350 g/mol. The number of nitrogens with zero attached hydrogens (tertiary/aromatic N) is 2. The molecule has 1 aliphatic rings. The molecule has 1 aromatic carbocycles. The maximum Gasteiger partial charge on any atom is 0.0777 e. The molecule has 5 heteroatoms. The lowest BCUT2D eigenvalue weighted by Crippen LogP contribution is -2.45. The summed E-state index contributed by atoms with van der Waals surface area (Å²) in [6.45, 7) is 6.10. The lowest BCUT2D eigenvalue weighted by atomic mass is 10.00. The molecule has 1 N–H and O–H groups in total. The second kappa shape index (κ2) is 7.63. The van der Waals surface area contributed by atoms with Crippen molar-refractivity contribution in [2.24, 2.45) is 0 Å². The maximum atomic E-state index is 6.25. The first-order valence-corrected chi connectivity index (χ1v) is 8.79. The summed E-state index contributed by atoms with van der Waals surface area (Å²) in [5.74, 6) is 0. The predicted molar refractivity (Wildman–Crippen MR) is 96.4 cm³/mol. The average Bonchev–Trinajstić information content (AvgIpc) is 2.60. The van der Waals surface area contributed by atoms with Crippen molar-refractivity contribution in [2.75, 3.05) is 26.2 Å². The third-order valence-electron chi connectivity index (χ3n) is 4.31. The van der Waals surface area contributed by atoms with Crippen molar-refractivity contribution in [1.82, 2.24) is 15.2 Å². The highest BCUT2D eigenvalue weighted by Gasteiger charge is 2.25. The summed E-state index contributed by atoms with van der Waals surface area (Å²) in [6, 6.07) is 10.3. The summed E-state index contributed by atoms with van der Waals surface area (Å²) >= 11 is 12.3. The number of hydrogen-bond acceptors (Lipinski definition) is 3. The standard InChI is InChI=1S/C18H21Cl2N3/c1-2-13-3-6-17(22-12-13)18(23-9-7-21-8-10-23)14-4-5-15(19)16(20)11-14/h3-6,11-12,18,21H,2,7-10H2,1H3. The molecule has 2 aromatic rings. The molecule has 0 aliphatic carbocycles. The monoisotopic (exact) mass is 349 g/mol. The van der Waals surface area contributed by atoms with E-state index in [1.54, 1.807) is 0 Å². The van der Waals surface area contributed by atoms with E-state index >= 15 is 0 Å². The Balaban J connectivity index is 1.99. The molecule has 0 bridgehead atoms. The summed E-state index contributed by atoms with van der Waals surface area (Å²) < 4.78 is 0. The topological polar surface area (TPSA) is 28.2 Å². The Kier molecular flexibility index (Phi) is 5.54. The lowest BCUT2D eigenvalue weighted by molar-refractivity contribution is 0.195. The Labute approximate surface area is 147 Å². The highest BCUT2D eigenvalue weighted by molar-refractivity contribution is 6.42. The Bertz CT molecular complexity index is 652. The molecule has 3 rings (SSSR count). The minimum Gasteiger partial charge on any atom is -0.314 e. The van der Waals surface area contributed by atoms with Crippen LogP contribution in [0.2, 0.25) is 10.0 Å². The molecule has 122 valence electrons. The van der Waals surface area contributed by atoms with Gasteiger partial charge in [-0.2, -0.15) is 0 Å². The molecule has 1 aromatic heterocycles. The van der Waals surface area contributed by atoms with Gasteiger partial charge >= 0.3 is 0 Å². The maximum absolute atomic E-state index is 6.25. The van der Waals surface area contributed by atoms with Crippen molar-refractivity contribution < 1.29 is 0 Å². The molecule has 1 fully saturated rings. The Morgan fingerprint density at radius 3 is 2.52 bits per heavy atom. The van der Waals surface area contributed by atoms with Gasteiger partial charge in [0.25, 0.3) is 0 Å². The molecule has 0 saturated carbocycles. The van der Waals surface area contributed by atoms with E-state index < -0.39 is 0 Å². The molecule has 3 nitrogen and oxygen atoms in total. The largest absolute Gasteiger partial charge is 0.314 e. The minimum atomic E-state index is 0.109. The number of rotatable bonds is 4. The third kappa shape index (κ3) is 3.86. The van der Waals surface area contributed by atoms with Crippen LogP contribution in [-0.4, -0.2) is 36.1 Å². The van der Waals surface area contributed by atoms with Crippen LogP contribution in [0.3, 0.4) is 0 Å². The van der Waals surface area contributed by atoms with Gasteiger partial charge in [0, 0.05) is 32.4 Å². The highest BCUT2D eigenvalue weighted by Crippen LogP contribution is 2.32. The van der Waals surface area contributed by atoms with Gasteiger partial charge in [0.15, 0.2) is 0 Å². The number of piperazine rings is 1. The van der Waals surface area contributed by atoms with E-state index in [9.17, 15) is 0 Å². The summed E-state index contributed by atoms with van der Waals surface area (Å²) in [7, 11) is 0. The number of benzene rings is 1. The van der Waals surface area contributed by atoms with Crippen LogP contribution in [0.5, 0.6) is 0 Å². The summed E-state index contributed by atoms with van der Waals surface area (Å²) in [4.78, 5) is 7.16. The molecule has 0 spiro atoms. The van der Waals surface area contributed by atoms with Crippen LogP contribution in [0, 0.1) is 0 Å². The van der Waals surface area contributed by atoms with Crippen LogP contribution in [-0.2, 0) is 6.42 Å². The fraction of sp³-hybridized carbons (Fsp3) is 0.389. The predicted octanol–water partition coefficient (Wildman–Crippen LogP) is 3.95. The van der Waals surface area contributed by atoms with Gasteiger partial charge < -0.3 is 5.32 Å². The zero-order valence-corrected chi connectivity index (χ0v) is 14.7. The van der Waals surface area contributed by atoms with Crippen molar-refractivity contribution in [1.29, 1.82) is 0 Å². The molecular formula is C18H21Cl2N3. The molecule has 23 heavy (non-hydrogen) atoms. The van der Waals surface area contributed by atoms with E-state index in [1.807, 2.05) is 18.3 Å². The van der Waals surface area contributed by atoms with Gasteiger partial charge in [-0.3, -0.25) is 9.88 Å². The van der Waals surface area contributed by atoms with Gasteiger partial charge in [0.2, 0.25) is 0 Å². The first kappa shape index (κ1) is 16.7. The molecule has 1 atom stereocenters. The quantitative estimate of drug-likeness (QED) is 0.905.